The normalized spacial score (nSPS) is 16.0. The van der Waals surface area contributed by atoms with Gasteiger partial charge >= 0.3 is 5.97 Å². The maximum atomic E-state index is 14.1. The summed E-state index contributed by atoms with van der Waals surface area (Å²) in [4.78, 5) is 93.4. The summed E-state index contributed by atoms with van der Waals surface area (Å²) in [6, 6.07) is 10.2. The maximum absolute atomic E-state index is 14.1. The van der Waals surface area contributed by atoms with Crippen LogP contribution in [0.5, 0.6) is 11.5 Å². The largest absolute Gasteiger partial charge is 0.458 e. The van der Waals surface area contributed by atoms with Crippen molar-refractivity contribution in [2.75, 3.05) is 31.5 Å². The van der Waals surface area contributed by atoms with Crippen molar-refractivity contribution in [3.05, 3.63) is 87.5 Å². The second-order valence-electron chi connectivity index (χ2n) is 18.3. The number of carbonyl (C=O) groups is 5. The molecule has 5 aromatic rings. The molecule has 4 amide bonds. The zero-order valence-electron chi connectivity index (χ0n) is 40.6. The number of carbonyl (C=O) groups excluding carboxylic acids is 5. The SMILES string of the molecule is CC[C@@]1(O)C(=O)OCc2c1cc1n(c2=O)Cc2c-1nc1cc3c(cc1c2-c1cccc(NC(=O)CNC(=O)[C@H](CCCCN)NC(=O)[C@@H](NC(=O)CCCC#Cc2cnc(S(C)(=O)=O)nc2)C(C)C)c1)OCO3. The number of benzene rings is 2. The van der Waals surface area contributed by atoms with Gasteiger partial charge in [-0.2, -0.15) is 0 Å². The van der Waals surface area contributed by atoms with E-state index in [1.807, 2.05) is 12.1 Å². The summed E-state index contributed by atoms with van der Waals surface area (Å²) >= 11 is 0. The summed E-state index contributed by atoms with van der Waals surface area (Å²) in [6.07, 6.45) is 5.63. The van der Waals surface area contributed by atoms with E-state index in [2.05, 4.69) is 43.1 Å². The molecule has 21 nitrogen and oxygen atoms in total. The minimum atomic E-state index is -3.54. The third kappa shape index (κ3) is 11.0. The predicted molar refractivity (Wildman–Crippen MR) is 265 cm³/mol. The fraction of sp³-hybridized carbons (Fsp3) is 0.392. The Balaban J connectivity index is 0.941. The first kappa shape index (κ1) is 51.6. The standard InChI is InChI=1S/C51H55N9O12S/c1-5-51(67)35-20-38-45-33(25-60(38)48(65)34(35)26-70-49(51)66)43(32-19-39-40(72-27-71-39)21-37(32)57-45)30-13-11-14-31(18-30)56-42(62)24-53-46(63)36(15-9-10-17-52)58-47(64)44(28(2)3)59-41(61)16-8-6-7-12-29-22-54-50(55-23-29)73(4,68)69/h11,13-14,18-23,28,36,44,67H,5-6,8-10,15-17,24-27,52H2,1-4H3,(H,53,63)(H,56,62)(H,58,64)(H,59,61)/t36-,44-,51-/m0/s1. The molecule has 0 aliphatic carbocycles. The Morgan fingerprint density at radius 2 is 1.70 bits per heavy atom. The summed E-state index contributed by atoms with van der Waals surface area (Å²) in [5.41, 5.74) is 7.84. The lowest BCUT2D eigenvalue weighted by molar-refractivity contribution is -0.172. The zero-order chi connectivity index (χ0) is 52.2. The van der Waals surface area contributed by atoms with Crippen LogP contribution in [0.3, 0.4) is 0 Å². The van der Waals surface area contributed by atoms with Gasteiger partial charge in [0.2, 0.25) is 45.4 Å². The molecule has 2 aromatic carbocycles. The lowest BCUT2D eigenvalue weighted by atomic mass is 9.86. The number of pyridine rings is 2. The van der Waals surface area contributed by atoms with E-state index < -0.39 is 69.2 Å². The average Bonchev–Trinajstić information content (AvgIpc) is 3.98. The fourth-order valence-corrected chi connectivity index (χ4v) is 9.41. The number of nitrogens with zero attached hydrogens (tertiary/aromatic N) is 4. The second kappa shape index (κ2) is 21.5. The molecule has 0 radical (unpaired) electrons. The van der Waals surface area contributed by atoms with Gasteiger partial charge in [0.15, 0.2) is 17.1 Å². The Hall–Kier alpha value is -7.74. The number of unbranched alkanes of at least 4 members (excludes halogenated alkanes) is 2. The van der Waals surface area contributed by atoms with Crippen molar-refractivity contribution in [3.8, 4) is 45.9 Å². The quantitative estimate of drug-likeness (QED) is 0.0312. The molecule has 0 saturated heterocycles. The highest BCUT2D eigenvalue weighted by molar-refractivity contribution is 7.90. The number of fused-ring (bicyclic) bond motifs is 6. The van der Waals surface area contributed by atoms with Gasteiger partial charge < -0.3 is 50.9 Å². The van der Waals surface area contributed by atoms with E-state index >= 15 is 0 Å². The molecule has 3 atom stereocenters. The van der Waals surface area contributed by atoms with Crippen LogP contribution in [0.1, 0.15) is 88.0 Å². The highest BCUT2D eigenvalue weighted by atomic mass is 32.2. The first-order valence-electron chi connectivity index (χ1n) is 23.8. The van der Waals surface area contributed by atoms with Crippen molar-refractivity contribution in [1.29, 1.82) is 0 Å². The monoisotopic (exact) mass is 1020 g/mol. The number of anilines is 1. The van der Waals surface area contributed by atoms with E-state index in [1.54, 1.807) is 55.7 Å². The Morgan fingerprint density at radius 3 is 2.41 bits per heavy atom. The van der Waals surface area contributed by atoms with Crippen LogP contribution in [0.15, 0.2) is 64.8 Å². The van der Waals surface area contributed by atoms with Gasteiger partial charge in [0, 0.05) is 59.8 Å². The highest BCUT2D eigenvalue weighted by Gasteiger charge is 2.45. The van der Waals surface area contributed by atoms with Crippen molar-refractivity contribution in [1.82, 2.24) is 35.5 Å². The van der Waals surface area contributed by atoms with Gasteiger partial charge in [-0.3, -0.25) is 24.0 Å². The average molecular weight is 1020 g/mol. The van der Waals surface area contributed by atoms with E-state index in [-0.39, 0.29) is 61.4 Å². The first-order valence-corrected chi connectivity index (χ1v) is 25.7. The number of sulfone groups is 1. The van der Waals surface area contributed by atoms with Gasteiger partial charge in [-0.1, -0.05) is 44.7 Å². The molecule has 6 heterocycles. The van der Waals surface area contributed by atoms with Crippen LogP contribution < -0.4 is 42.0 Å². The van der Waals surface area contributed by atoms with Crippen LogP contribution in [0.4, 0.5) is 5.69 Å². The molecule has 3 aromatic heterocycles. The first-order chi connectivity index (χ1) is 34.9. The van der Waals surface area contributed by atoms with Crippen molar-refractivity contribution >= 4 is 56.0 Å². The van der Waals surface area contributed by atoms with Crippen LogP contribution in [0.25, 0.3) is 33.4 Å². The van der Waals surface area contributed by atoms with Crippen molar-refractivity contribution in [2.24, 2.45) is 11.7 Å². The minimum Gasteiger partial charge on any atom is -0.458 e. The topological polar surface area (TPSA) is 302 Å². The molecule has 8 rings (SSSR count). The van der Waals surface area contributed by atoms with Crippen LogP contribution in [0.2, 0.25) is 0 Å². The molecule has 7 N–H and O–H groups in total. The van der Waals surface area contributed by atoms with Gasteiger partial charge in [-0.05, 0) is 80.0 Å². The summed E-state index contributed by atoms with van der Waals surface area (Å²) in [6.45, 7) is 4.89. The van der Waals surface area contributed by atoms with E-state index in [0.717, 1.165) is 6.26 Å². The van der Waals surface area contributed by atoms with E-state index in [1.165, 1.54) is 12.4 Å². The Kier molecular flexibility index (Phi) is 15.2. The number of esters is 1. The van der Waals surface area contributed by atoms with Crippen molar-refractivity contribution in [2.45, 2.75) is 102 Å². The van der Waals surface area contributed by atoms with Crippen LogP contribution >= 0.6 is 0 Å². The molecule has 382 valence electrons. The zero-order valence-corrected chi connectivity index (χ0v) is 41.4. The molecular formula is C51H55N9O12S. The Bertz CT molecular complexity index is 3280. The predicted octanol–water partition coefficient (Wildman–Crippen LogP) is 2.70. The summed E-state index contributed by atoms with van der Waals surface area (Å²) < 4.78 is 41.4. The third-order valence-corrected chi connectivity index (χ3v) is 13.7. The van der Waals surface area contributed by atoms with E-state index in [0.29, 0.717) is 94.0 Å². The van der Waals surface area contributed by atoms with Crippen LogP contribution in [-0.2, 0) is 57.3 Å². The molecule has 3 aliphatic heterocycles. The summed E-state index contributed by atoms with van der Waals surface area (Å²) in [7, 11) is -3.54. The molecule has 73 heavy (non-hydrogen) atoms. The smallest absolute Gasteiger partial charge is 0.343 e. The van der Waals surface area contributed by atoms with Gasteiger partial charge in [0.1, 0.15) is 18.7 Å². The number of cyclic esters (lactones) is 1. The molecule has 3 aliphatic rings. The number of hydrogen-bond donors (Lipinski definition) is 6. The number of amides is 4. The molecule has 22 heteroatoms. The van der Waals surface area contributed by atoms with Gasteiger partial charge in [0.25, 0.3) is 5.56 Å². The lowest BCUT2D eigenvalue weighted by Gasteiger charge is -2.31. The van der Waals surface area contributed by atoms with Crippen LogP contribution in [0, 0.1) is 17.8 Å². The van der Waals surface area contributed by atoms with E-state index in [9.17, 15) is 42.3 Å². The number of ether oxygens (including phenoxy) is 3. The lowest BCUT2D eigenvalue weighted by Crippen LogP contribution is -2.55. The molecule has 0 fully saturated rings. The number of hydrogen-bond acceptors (Lipinski definition) is 16. The van der Waals surface area contributed by atoms with E-state index in [4.69, 9.17) is 24.9 Å². The number of nitrogens with one attached hydrogen (secondary N) is 4. The van der Waals surface area contributed by atoms with Crippen molar-refractivity contribution in [3.63, 3.8) is 0 Å². The summed E-state index contributed by atoms with van der Waals surface area (Å²) in [5.74, 6) is 3.38. The summed E-state index contributed by atoms with van der Waals surface area (Å²) in [5, 5.41) is 22.8. The number of rotatable bonds is 18. The van der Waals surface area contributed by atoms with Crippen molar-refractivity contribution < 1.29 is 51.7 Å². The molecular weight excluding hydrogens is 963 g/mol. The molecule has 0 saturated carbocycles. The number of aromatic nitrogens is 4. The Morgan fingerprint density at radius 1 is 0.945 bits per heavy atom. The van der Waals surface area contributed by atoms with Gasteiger partial charge in [-0.15, -0.1) is 0 Å². The fourth-order valence-electron chi connectivity index (χ4n) is 8.93. The minimum absolute atomic E-state index is 0.0137. The second-order valence-corrected chi connectivity index (χ2v) is 20.2. The number of aliphatic hydroxyl groups is 1. The Labute approximate surface area is 419 Å². The molecule has 0 unspecified atom stereocenters. The van der Waals surface area contributed by atoms with Crippen LogP contribution in [-0.4, -0.2) is 101 Å². The maximum Gasteiger partial charge on any atom is 0.343 e. The van der Waals surface area contributed by atoms with Gasteiger partial charge in [-0.25, -0.2) is 28.2 Å². The molecule has 0 spiro atoms. The molecule has 0 bridgehead atoms. The number of nitrogens with two attached hydrogens (primary N) is 1. The third-order valence-electron chi connectivity index (χ3n) is 12.8. The highest BCUT2D eigenvalue weighted by Crippen LogP contribution is 2.46. The van der Waals surface area contributed by atoms with Gasteiger partial charge in [0.05, 0.1) is 41.1 Å².